The molecule has 0 saturated carbocycles. The molecule has 0 bridgehead atoms. The Hall–Kier alpha value is -7.12. The molecule has 11 aromatic rings. The van der Waals surface area contributed by atoms with E-state index in [2.05, 4.69) is 175 Å². The first-order valence-corrected chi connectivity index (χ1v) is 20.4. The van der Waals surface area contributed by atoms with Crippen molar-refractivity contribution in [3.8, 4) is 22.4 Å². The molecule has 1 aliphatic rings. The molecular weight excluding hydrogens is 729 g/mol. The van der Waals surface area contributed by atoms with Crippen molar-refractivity contribution in [2.45, 2.75) is 12.3 Å². The first-order valence-electron chi connectivity index (χ1n) is 19.6. The lowest BCUT2D eigenvalue weighted by Crippen LogP contribution is -2.33. The molecule has 0 radical (unpaired) electrons. The van der Waals surface area contributed by atoms with Crippen LogP contribution in [0.4, 0.5) is 0 Å². The Morgan fingerprint density at radius 1 is 0.517 bits per heavy atom. The molecule has 58 heavy (non-hydrogen) atoms. The van der Waals surface area contributed by atoms with Crippen molar-refractivity contribution in [3.63, 3.8) is 0 Å². The van der Waals surface area contributed by atoms with E-state index >= 15 is 0 Å². The lowest BCUT2D eigenvalue weighted by atomic mass is 9.95. The van der Waals surface area contributed by atoms with Gasteiger partial charge in [-0.25, -0.2) is 4.98 Å². The topological polar surface area (TPSA) is 64.5 Å². The smallest absolute Gasteiger partial charge is 0.143 e. The number of furan rings is 1. The van der Waals surface area contributed by atoms with Gasteiger partial charge in [0.2, 0.25) is 0 Å². The fourth-order valence-electron chi connectivity index (χ4n) is 8.71. The second-order valence-electron chi connectivity index (χ2n) is 14.9. The number of pyridine rings is 1. The third-order valence-corrected chi connectivity index (χ3v) is 12.6. The highest BCUT2D eigenvalue weighted by atomic mass is 32.1. The van der Waals surface area contributed by atoms with E-state index in [1.54, 1.807) is 0 Å². The summed E-state index contributed by atoms with van der Waals surface area (Å²) in [6, 6.07) is 64.0. The summed E-state index contributed by atoms with van der Waals surface area (Å²) in [5.41, 5.74) is 10.1. The molecule has 0 saturated heterocycles. The molecule has 3 aromatic heterocycles. The Labute approximate surface area is 337 Å². The molecule has 1 aliphatic heterocycles. The molecule has 0 fully saturated rings. The molecular formula is C52H33N4OS-. The zero-order valence-electron chi connectivity index (χ0n) is 31.1. The van der Waals surface area contributed by atoms with E-state index in [9.17, 15) is 0 Å². The number of nitrogens with zero attached hydrogens (tertiary/aromatic N) is 3. The van der Waals surface area contributed by atoms with Crippen LogP contribution in [-0.4, -0.2) is 10.8 Å². The quantitative estimate of drug-likeness (QED) is 0.178. The maximum Gasteiger partial charge on any atom is 0.143 e. The monoisotopic (exact) mass is 761 g/mol. The highest BCUT2D eigenvalue weighted by molar-refractivity contribution is 7.25. The fraction of sp³-hybridized carbons (Fsp3) is 0.0385. The van der Waals surface area contributed by atoms with Gasteiger partial charge < -0.3 is 15.1 Å². The van der Waals surface area contributed by atoms with Crippen molar-refractivity contribution in [1.82, 2.24) is 10.3 Å². The predicted molar refractivity (Wildman–Crippen MR) is 242 cm³/mol. The first-order chi connectivity index (χ1) is 28.7. The number of benzene rings is 8. The van der Waals surface area contributed by atoms with Gasteiger partial charge in [0.05, 0.1) is 11.2 Å². The third-order valence-electron chi connectivity index (χ3n) is 11.5. The number of thiophene rings is 1. The Bertz CT molecular complexity index is 3410. The summed E-state index contributed by atoms with van der Waals surface area (Å²) in [4.78, 5) is 10.4. The molecule has 1 N–H and O–H groups in total. The molecule has 6 heteroatoms. The van der Waals surface area contributed by atoms with Crippen molar-refractivity contribution in [2.75, 3.05) is 0 Å². The SMILES string of the molecule is c1ccc(-c2nc3ccccc3c3c2ccc2oc4c(-c5ccc(C6=NC(c7ccc8c(c7)sc7ccccc78)[N-]C(c7ccccc7)N6)cc5)cccc4c23)cc1. The Morgan fingerprint density at radius 2 is 1.22 bits per heavy atom. The van der Waals surface area contributed by atoms with E-state index in [-0.39, 0.29) is 12.3 Å². The van der Waals surface area contributed by atoms with Gasteiger partial charge in [-0.15, -0.1) is 11.3 Å². The number of fused-ring (bicyclic) bond motifs is 10. The van der Waals surface area contributed by atoms with Crippen LogP contribution in [0, 0.1) is 0 Å². The van der Waals surface area contributed by atoms with Crippen LogP contribution in [-0.2, 0) is 0 Å². The molecule has 8 aromatic carbocycles. The molecule has 2 unspecified atom stereocenters. The standard InChI is InChI=1S/C52H33N4OS/c1-3-12-32(13-4-1)48-40-28-29-43-47(46(40)39-17-7-9-20-42(39)53-48)41-19-11-18-36(49(41)57-43)31-22-24-34(25-23-31)51-54-50(33-14-5-2-6-15-33)55-52(56-51)35-26-27-38-37-16-8-10-21-44(37)58-45(38)30-35/h1-30,50,52H,(H,54,56)/q-1. The van der Waals surface area contributed by atoms with E-state index < -0.39 is 0 Å². The highest BCUT2D eigenvalue weighted by Crippen LogP contribution is 2.44. The summed E-state index contributed by atoms with van der Waals surface area (Å²) in [5, 5.41) is 17.0. The maximum absolute atomic E-state index is 6.79. The van der Waals surface area contributed by atoms with Crippen LogP contribution in [0.2, 0.25) is 0 Å². The van der Waals surface area contributed by atoms with Gasteiger partial charge in [0.25, 0.3) is 0 Å². The maximum atomic E-state index is 6.79. The number of rotatable bonds is 5. The van der Waals surface area contributed by atoms with Crippen LogP contribution in [0.3, 0.4) is 0 Å². The van der Waals surface area contributed by atoms with Crippen LogP contribution in [0.15, 0.2) is 191 Å². The Balaban J connectivity index is 0.959. The molecule has 0 aliphatic carbocycles. The third kappa shape index (κ3) is 5.34. The van der Waals surface area contributed by atoms with Crippen molar-refractivity contribution >= 4 is 81.0 Å². The lowest BCUT2D eigenvalue weighted by Gasteiger charge is -2.44. The number of para-hydroxylation sites is 2. The van der Waals surface area contributed by atoms with Gasteiger partial charge in [0.15, 0.2) is 0 Å². The minimum atomic E-state index is -0.358. The summed E-state index contributed by atoms with van der Waals surface area (Å²) in [6.07, 6.45) is -0.604. The van der Waals surface area contributed by atoms with Crippen molar-refractivity contribution in [1.29, 1.82) is 0 Å². The summed E-state index contributed by atoms with van der Waals surface area (Å²) in [7, 11) is 0. The Morgan fingerprint density at radius 3 is 2.09 bits per heavy atom. The molecule has 0 spiro atoms. The second kappa shape index (κ2) is 13.2. The normalized spacial score (nSPS) is 15.8. The summed E-state index contributed by atoms with van der Waals surface area (Å²) in [5.74, 6) is 0.819. The number of amidine groups is 1. The van der Waals surface area contributed by atoms with Gasteiger partial charge in [-0.05, 0) is 59.4 Å². The van der Waals surface area contributed by atoms with Gasteiger partial charge in [-0.2, -0.15) is 0 Å². The van der Waals surface area contributed by atoms with Crippen LogP contribution in [0.25, 0.3) is 91.5 Å². The van der Waals surface area contributed by atoms with E-state index in [1.807, 2.05) is 23.5 Å². The summed E-state index contributed by atoms with van der Waals surface area (Å²) in [6.45, 7) is 0. The predicted octanol–water partition coefficient (Wildman–Crippen LogP) is 14.1. The van der Waals surface area contributed by atoms with E-state index in [1.165, 1.54) is 20.2 Å². The van der Waals surface area contributed by atoms with Crippen molar-refractivity contribution < 1.29 is 4.42 Å². The van der Waals surface area contributed by atoms with Gasteiger partial charge >= 0.3 is 0 Å². The molecule has 12 rings (SSSR count). The van der Waals surface area contributed by atoms with Crippen molar-refractivity contribution in [3.05, 3.63) is 204 Å². The number of hydrogen-bond donors (Lipinski definition) is 1. The number of aliphatic imine (C=N–C) groups is 1. The molecule has 5 nitrogen and oxygen atoms in total. The van der Waals surface area contributed by atoms with Gasteiger partial charge in [0.1, 0.15) is 17.0 Å². The van der Waals surface area contributed by atoms with Gasteiger partial charge in [-0.3, -0.25) is 4.99 Å². The second-order valence-corrected chi connectivity index (χ2v) is 16.0. The number of hydrogen-bond acceptors (Lipinski definition) is 5. The highest BCUT2D eigenvalue weighted by Gasteiger charge is 2.21. The first kappa shape index (κ1) is 33.1. The van der Waals surface area contributed by atoms with Crippen LogP contribution in [0.1, 0.15) is 29.0 Å². The summed E-state index contributed by atoms with van der Waals surface area (Å²) >= 11 is 1.82. The average molecular weight is 762 g/mol. The zero-order valence-corrected chi connectivity index (χ0v) is 31.9. The fourth-order valence-corrected chi connectivity index (χ4v) is 9.86. The molecule has 0 amide bonds. The Kier molecular flexibility index (Phi) is 7.55. The van der Waals surface area contributed by atoms with Crippen LogP contribution in [0.5, 0.6) is 0 Å². The van der Waals surface area contributed by atoms with Crippen LogP contribution >= 0.6 is 11.3 Å². The number of aromatic nitrogens is 1. The van der Waals surface area contributed by atoms with E-state index in [0.717, 1.165) is 88.5 Å². The van der Waals surface area contributed by atoms with E-state index in [0.29, 0.717) is 0 Å². The minimum Gasteiger partial charge on any atom is -0.613 e. The molecule has 2 atom stereocenters. The van der Waals surface area contributed by atoms with Crippen LogP contribution < -0.4 is 5.32 Å². The largest absolute Gasteiger partial charge is 0.613 e. The lowest BCUT2D eigenvalue weighted by molar-refractivity contribution is 0.631. The zero-order chi connectivity index (χ0) is 38.2. The summed E-state index contributed by atoms with van der Waals surface area (Å²) < 4.78 is 9.33. The van der Waals surface area contributed by atoms with E-state index in [4.69, 9.17) is 19.7 Å². The van der Waals surface area contributed by atoms with Gasteiger partial charge in [0, 0.05) is 63.8 Å². The molecule has 4 heterocycles. The molecule has 274 valence electrons. The minimum absolute atomic E-state index is 0.246. The number of nitrogens with one attached hydrogen (secondary N) is 1. The van der Waals surface area contributed by atoms with Crippen molar-refractivity contribution in [2.24, 2.45) is 4.99 Å². The van der Waals surface area contributed by atoms with Gasteiger partial charge in [-0.1, -0.05) is 152 Å². The average Bonchev–Trinajstić information content (AvgIpc) is 3.87.